The minimum atomic E-state index is -0.615. The molecule has 33 heavy (non-hydrogen) atoms. The Hall–Kier alpha value is -3.43. The van der Waals surface area contributed by atoms with Gasteiger partial charge in [-0.25, -0.2) is 9.48 Å². The van der Waals surface area contributed by atoms with Gasteiger partial charge in [0.1, 0.15) is 5.60 Å². The minimum absolute atomic E-state index is 0.0635. The second-order valence-electron chi connectivity index (χ2n) is 8.66. The predicted molar refractivity (Wildman–Crippen MR) is 125 cm³/mol. The van der Waals surface area contributed by atoms with Crippen LogP contribution in [0, 0.1) is 0 Å². The number of nitrogens with one attached hydrogen (secondary N) is 3. The van der Waals surface area contributed by atoms with Crippen LogP contribution in [0.15, 0.2) is 29.1 Å². The van der Waals surface area contributed by atoms with Gasteiger partial charge in [0, 0.05) is 24.9 Å². The van der Waals surface area contributed by atoms with E-state index in [1.54, 1.807) is 45.0 Å². The maximum Gasteiger partial charge on any atom is 0.407 e. The number of benzene rings is 1. The van der Waals surface area contributed by atoms with E-state index in [0.29, 0.717) is 23.7 Å². The van der Waals surface area contributed by atoms with Gasteiger partial charge < -0.3 is 10.1 Å². The fraction of sp³-hybridized carbons (Fsp3) is 0.522. The van der Waals surface area contributed by atoms with Crippen molar-refractivity contribution in [1.82, 2.24) is 25.9 Å². The first-order chi connectivity index (χ1) is 15.6. The van der Waals surface area contributed by atoms with Gasteiger partial charge in [-0.3, -0.25) is 25.2 Å². The number of fused-ring (bicyclic) bond motifs is 1. The number of carbonyl (C=O) groups is 3. The molecule has 0 atom stereocenters. The van der Waals surface area contributed by atoms with Crippen LogP contribution < -0.4 is 21.7 Å². The van der Waals surface area contributed by atoms with Crippen molar-refractivity contribution in [2.45, 2.75) is 71.9 Å². The number of hydrogen-bond donors (Lipinski definition) is 3. The lowest BCUT2D eigenvalue weighted by molar-refractivity contribution is -0.121. The number of nitrogens with zero attached hydrogens (tertiary/aromatic N) is 2. The zero-order chi connectivity index (χ0) is 24.4. The van der Waals surface area contributed by atoms with Crippen molar-refractivity contribution in [2.75, 3.05) is 6.54 Å². The van der Waals surface area contributed by atoms with Gasteiger partial charge in [0.25, 0.3) is 11.5 Å². The molecule has 0 aliphatic heterocycles. The van der Waals surface area contributed by atoms with Crippen LogP contribution in [-0.4, -0.2) is 39.8 Å². The monoisotopic (exact) mass is 459 g/mol. The molecule has 0 saturated heterocycles. The molecule has 3 N–H and O–H groups in total. The second kappa shape index (κ2) is 12.0. The SMILES string of the molecule is CCCCCn1nc(C(=O)NNC(=O)CCCNC(=O)OC(C)(C)C)c2ccccc2c1=O. The Morgan fingerprint density at radius 3 is 2.39 bits per heavy atom. The Bertz CT molecular complexity index is 1040. The smallest absolute Gasteiger partial charge is 0.407 e. The Morgan fingerprint density at radius 1 is 1.03 bits per heavy atom. The molecule has 0 bridgehead atoms. The molecule has 0 spiro atoms. The predicted octanol–water partition coefficient (Wildman–Crippen LogP) is 2.65. The van der Waals surface area contributed by atoms with Crippen molar-refractivity contribution in [2.24, 2.45) is 0 Å². The molecule has 10 heteroatoms. The largest absolute Gasteiger partial charge is 0.444 e. The Labute approximate surface area is 193 Å². The van der Waals surface area contributed by atoms with E-state index in [4.69, 9.17) is 4.74 Å². The topological polar surface area (TPSA) is 131 Å². The number of hydrazine groups is 1. The van der Waals surface area contributed by atoms with Crippen LogP contribution in [0.25, 0.3) is 10.8 Å². The van der Waals surface area contributed by atoms with Gasteiger partial charge in [-0.15, -0.1) is 0 Å². The van der Waals surface area contributed by atoms with Crippen molar-refractivity contribution in [3.63, 3.8) is 0 Å². The zero-order valence-corrected chi connectivity index (χ0v) is 19.7. The normalized spacial score (nSPS) is 11.2. The highest BCUT2D eigenvalue weighted by molar-refractivity contribution is 6.05. The fourth-order valence-corrected chi connectivity index (χ4v) is 3.07. The maximum absolute atomic E-state index is 12.7. The second-order valence-corrected chi connectivity index (χ2v) is 8.66. The molecule has 2 rings (SSSR count). The molecule has 180 valence electrons. The molecule has 0 fully saturated rings. The average Bonchev–Trinajstić information content (AvgIpc) is 2.75. The molecule has 0 unspecified atom stereocenters. The summed E-state index contributed by atoms with van der Waals surface area (Å²) in [6.07, 6.45) is 2.61. The van der Waals surface area contributed by atoms with Crippen molar-refractivity contribution in [1.29, 1.82) is 0 Å². The molecule has 0 aliphatic carbocycles. The summed E-state index contributed by atoms with van der Waals surface area (Å²) in [6, 6.07) is 6.76. The number of alkyl carbamates (subject to hydrolysis) is 1. The third kappa shape index (κ3) is 8.21. The van der Waals surface area contributed by atoms with Gasteiger partial charge >= 0.3 is 6.09 Å². The summed E-state index contributed by atoms with van der Waals surface area (Å²) >= 11 is 0. The lowest BCUT2D eigenvalue weighted by Gasteiger charge is -2.19. The molecule has 0 aliphatic rings. The highest BCUT2D eigenvalue weighted by atomic mass is 16.6. The number of ether oxygens (including phenoxy) is 1. The van der Waals surface area contributed by atoms with Crippen LogP contribution in [0.1, 0.15) is 70.3 Å². The van der Waals surface area contributed by atoms with Gasteiger partial charge in [-0.2, -0.15) is 5.10 Å². The molecule has 0 saturated carbocycles. The highest BCUT2D eigenvalue weighted by Crippen LogP contribution is 2.13. The number of aromatic nitrogens is 2. The third-order valence-electron chi connectivity index (χ3n) is 4.62. The summed E-state index contributed by atoms with van der Waals surface area (Å²) < 4.78 is 6.42. The third-order valence-corrected chi connectivity index (χ3v) is 4.62. The lowest BCUT2D eigenvalue weighted by Crippen LogP contribution is -2.43. The van der Waals surface area contributed by atoms with Crippen molar-refractivity contribution in [3.8, 4) is 0 Å². The van der Waals surface area contributed by atoms with Gasteiger partial charge in [-0.1, -0.05) is 38.0 Å². The van der Waals surface area contributed by atoms with Crippen LogP contribution in [0.2, 0.25) is 0 Å². The first kappa shape index (κ1) is 25.8. The Morgan fingerprint density at radius 2 is 1.73 bits per heavy atom. The van der Waals surface area contributed by atoms with Crippen molar-refractivity contribution in [3.05, 3.63) is 40.3 Å². The van der Waals surface area contributed by atoms with Gasteiger partial charge in [-0.05, 0) is 39.7 Å². The van der Waals surface area contributed by atoms with E-state index in [1.165, 1.54) is 4.68 Å². The van der Waals surface area contributed by atoms with E-state index < -0.39 is 23.5 Å². The van der Waals surface area contributed by atoms with Crippen LogP contribution in [0.4, 0.5) is 4.79 Å². The fourth-order valence-electron chi connectivity index (χ4n) is 3.07. The van der Waals surface area contributed by atoms with Crippen LogP contribution in [-0.2, 0) is 16.1 Å². The first-order valence-corrected chi connectivity index (χ1v) is 11.2. The van der Waals surface area contributed by atoms with E-state index >= 15 is 0 Å². The first-order valence-electron chi connectivity index (χ1n) is 11.2. The Balaban J connectivity index is 1.94. The highest BCUT2D eigenvalue weighted by Gasteiger charge is 2.18. The molecule has 1 heterocycles. The maximum atomic E-state index is 12.7. The molecular formula is C23H33N5O5. The molecule has 0 radical (unpaired) electrons. The number of unbranched alkanes of at least 4 members (excludes halogenated alkanes) is 2. The molecule has 1 aromatic carbocycles. The zero-order valence-electron chi connectivity index (χ0n) is 19.7. The molecule has 3 amide bonds. The lowest BCUT2D eigenvalue weighted by atomic mass is 10.1. The summed E-state index contributed by atoms with van der Waals surface area (Å²) in [6.45, 7) is 8.01. The van der Waals surface area contributed by atoms with E-state index in [1.807, 2.05) is 0 Å². The van der Waals surface area contributed by atoms with Gasteiger partial charge in [0.2, 0.25) is 5.91 Å². The van der Waals surface area contributed by atoms with Crippen LogP contribution in [0.5, 0.6) is 0 Å². The van der Waals surface area contributed by atoms with Crippen molar-refractivity contribution >= 4 is 28.7 Å². The van der Waals surface area contributed by atoms with Crippen molar-refractivity contribution < 1.29 is 19.1 Å². The molecule has 1 aromatic heterocycles. The quantitative estimate of drug-likeness (QED) is 0.390. The standard InChI is InChI=1S/C23H33N5O5/c1-5-6-9-15-28-21(31)17-12-8-7-11-16(17)19(27-28)20(30)26-25-18(29)13-10-14-24-22(32)33-23(2,3)4/h7-8,11-12H,5-6,9-10,13-15H2,1-4H3,(H,24,32)(H,25,29)(H,26,30). The summed E-state index contributed by atoms with van der Waals surface area (Å²) in [7, 11) is 0. The van der Waals surface area contributed by atoms with E-state index in [0.717, 1.165) is 19.3 Å². The van der Waals surface area contributed by atoms with Gasteiger partial charge in [0.05, 0.1) is 5.39 Å². The Kier molecular flexibility index (Phi) is 9.38. The van der Waals surface area contributed by atoms with Crippen LogP contribution in [0.3, 0.4) is 0 Å². The number of aryl methyl sites for hydroxylation is 1. The van der Waals surface area contributed by atoms with E-state index in [9.17, 15) is 19.2 Å². The number of carbonyl (C=O) groups excluding carboxylic acids is 3. The number of rotatable bonds is 9. The molecular weight excluding hydrogens is 426 g/mol. The average molecular weight is 460 g/mol. The summed E-state index contributed by atoms with van der Waals surface area (Å²) in [5, 5.41) is 7.64. The van der Waals surface area contributed by atoms with E-state index in [-0.39, 0.29) is 24.2 Å². The van der Waals surface area contributed by atoms with Crippen LogP contribution >= 0.6 is 0 Å². The minimum Gasteiger partial charge on any atom is -0.444 e. The van der Waals surface area contributed by atoms with E-state index in [2.05, 4.69) is 28.2 Å². The molecule has 10 nitrogen and oxygen atoms in total. The number of hydrogen-bond acceptors (Lipinski definition) is 6. The molecule has 2 aromatic rings. The van der Waals surface area contributed by atoms with Gasteiger partial charge in [0.15, 0.2) is 5.69 Å². The number of amides is 3. The summed E-state index contributed by atoms with van der Waals surface area (Å²) in [5.74, 6) is -1.04. The summed E-state index contributed by atoms with van der Waals surface area (Å²) in [5.41, 5.74) is 3.92. The summed E-state index contributed by atoms with van der Waals surface area (Å²) in [4.78, 5) is 49.1.